The van der Waals surface area contributed by atoms with E-state index in [1.54, 1.807) is 0 Å². The van der Waals surface area contributed by atoms with E-state index in [9.17, 15) is 17.6 Å². The Labute approximate surface area is 93.0 Å². The summed E-state index contributed by atoms with van der Waals surface area (Å²) < 4.78 is 49.5. The number of nitrogens with one attached hydrogen (secondary N) is 1. The fourth-order valence-corrected chi connectivity index (χ4v) is 1.94. The number of hydrogen-bond acceptors (Lipinski definition) is 2. The normalized spacial score (nSPS) is 23.2. The molecule has 0 bridgehead atoms. The van der Waals surface area contributed by atoms with Gasteiger partial charge in [-0.05, 0) is 32.0 Å². The maximum absolute atomic E-state index is 12.8. The van der Waals surface area contributed by atoms with Gasteiger partial charge in [0.25, 0.3) is 0 Å². The summed E-state index contributed by atoms with van der Waals surface area (Å²) in [6, 6.07) is 0. The van der Waals surface area contributed by atoms with Gasteiger partial charge in [0.2, 0.25) is 0 Å². The van der Waals surface area contributed by atoms with Gasteiger partial charge in [-0.1, -0.05) is 6.92 Å². The first-order valence-corrected chi connectivity index (χ1v) is 5.54. The van der Waals surface area contributed by atoms with Gasteiger partial charge in [0, 0.05) is 6.54 Å². The average molecular weight is 242 g/mol. The zero-order valence-corrected chi connectivity index (χ0v) is 9.36. The van der Waals surface area contributed by atoms with E-state index in [1.807, 2.05) is 6.92 Å². The Morgan fingerprint density at radius 3 is 2.69 bits per heavy atom. The molecule has 6 heteroatoms. The lowest BCUT2D eigenvalue weighted by molar-refractivity contribution is -0.140. The summed E-state index contributed by atoms with van der Waals surface area (Å²) >= 11 is 0. The first-order chi connectivity index (χ1) is 7.45. The van der Waals surface area contributed by atoms with E-state index in [2.05, 4.69) is 5.32 Å². The average Bonchev–Trinajstić information content (AvgIpc) is 2.61. The van der Waals surface area contributed by atoms with Crippen LogP contribution in [0.25, 0.3) is 0 Å². The number of likely N-dealkylation sites (tertiary alicyclic amines) is 1. The van der Waals surface area contributed by atoms with Crippen LogP contribution in [0.4, 0.5) is 17.6 Å². The molecular weight excluding hydrogens is 224 g/mol. The van der Waals surface area contributed by atoms with Crippen molar-refractivity contribution in [2.75, 3.05) is 32.7 Å². The molecule has 1 atom stereocenters. The summed E-state index contributed by atoms with van der Waals surface area (Å²) in [5.41, 5.74) is 0. The van der Waals surface area contributed by atoms with Crippen molar-refractivity contribution in [1.29, 1.82) is 0 Å². The first kappa shape index (κ1) is 13.7. The van der Waals surface area contributed by atoms with Crippen LogP contribution in [-0.2, 0) is 0 Å². The zero-order chi connectivity index (χ0) is 12.2. The topological polar surface area (TPSA) is 15.3 Å². The highest BCUT2D eigenvalue weighted by atomic mass is 19.3. The molecule has 1 aliphatic rings. The number of nitrogens with zero attached hydrogens (tertiary/aromatic N) is 1. The van der Waals surface area contributed by atoms with Gasteiger partial charge in [0.15, 0.2) is 0 Å². The van der Waals surface area contributed by atoms with E-state index in [0.717, 1.165) is 19.5 Å². The van der Waals surface area contributed by atoms with Crippen LogP contribution in [0.2, 0.25) is 0 Å². The lowest BCUT2D eigenvalue weighted by Crippen LogP contribution is -2.41. The van der Waals surface area contributed by atoms with Crippen molar-refractivity contribution in [3.05, 3.63) is 0 Å². The molecule has 1 N–H and O–H groups in total. The largest absolute Gasteiger partial charge is 0.319 e. The van der Waals surface area contributed by atoms with Crippen LogP contribution in [0, 0.1) is 5.92 Å². The van der Waals surface area contributed by atoms with Crippen LogP contribution in [0.5, 0.6) is 0 Å². The van der Waals surface area contributed by atoms with Crippen LogP contribution in [0.3, 0.4) is 0 Å². The second-order valence-electron chi connectivity index (χ2n) is 4.26. The third kappa shape index (κ3) is 3.90. The van der Waals surface area contributed by atoms with Gasteiger partial charge in [-0.25, -0.2) is 8.78 Å². The quantitative estimate of drug-likeness (QED) is 0.715. The van der Waals surface area contributed by atoms with Crippen LogP contribution < -0.4 is 5.32 Å². The van der Waals surface area contributed by atoms with Gasteiger partial charge >= 0.3 is 12.3 Å². The third-order valence-electron chi connectivity index (χ3n) is 2.81. The number of halogens is 4. The van der Waals surface area contributed by atoms with E-state index in [1.165, 1.54) is 4.90 Å². The van der Waals surface area contributed by atoms with Crippen LogP contribution in [0.1, 0.15) is 13.3 Å². The Morgan fingerprint density at radius 2 is 2.12 bits per heavy atom. The van der Waals surface area contributed by atoms with Gasteiger partial charge in [-0.2, -0.15) is 8.78 Å². The SMILES string of the molecule is CCNCC1CCN(CC(F)(F)C(F)F)C1. The molecule has 1 saturated heterocycles. The summed E-state index contributed by atoms with van der Waals surface area (Å²) in [5.74, 6) is -3.58. The Balaban J connectivity index is 2.31. The molecule has 0 spiro atoms. The molecule has 1 heterocycles. The summed E-state index contributed by atoms with van der Waals surface area (Å²) in [5, 5.41) is 3.13. The van der Waals surface area contributed by atoms with Gasteiger partial charge in [-0.15, -0.1) is 0 Å². The first-order valence-electron chi connectivity index (χ1n) is 5.54. The summed E-state index contributed by atoms with van der Waals surface area (Å²) in [6.45, 7) is 3.72. The molecule has 1 rings (SSSR count). The molecule has 0 aromatic heterocycles. The minimum Gasteiger partial charge on any atom is -0.317 e. The van der Waals surface area contributed by atoms with E-state index in [4.69, 9.17) is 0 Å². The van der Waals surface area contributed by atoms with E-state index >= 15 is 0 Å². The summed E-state index contributed by atoms with van der Waals surface area (Å²) in [4.78, 5) is 1.42. The standard InChI is InChI=1S/C10H18F4N2/c1-2-15-5-8-3-4-16(6-8)7-10(13,14)9(11)12/h8-9,15H,2-7H2,1H3. The van der Waals surface area contributed by atoms with Crippen molar-refractivity contribution in [3.63, 3.8) is 0 Å². The third-order valence-corrected chi connectivity index (χ3v) is 2.81. The zero-order valence-electron chi connectivity index (χ0n) is 9.36. The predicted octanol–water partition coefficient (Wildman–Crippen LogP) is 1.82. The van der Waals surface area contributed by atoms with Crippen LogP contribution >= 0.6 is 0 Å². The van der Waals surface area contributed by atoms with E-state index in [0.29, 0.717) is 19.0 Å². The molecule has 0 aromatic carbocycles. The molecule has 0 aliphatic carbocycles. The Hall–Kier alpha value is -0.360. The molecular formula is C10H18F4N2. The minimum absolute atomic E-state index is 0.299. The minimum atomic E-state index is -3.88. The fraction of sp³-hybridized carbons (Fsp3) is 1.00. The lowest BCUT2D eigenvalue weighted by Gasteiger charge is -2.22. The van der Waals surface area contributed by atoms with Crippen molar-refractivity contribution >= 4 is 0 Å². The summed E-state index contributed by atoms with van der Waals surface area (Å²) in [7, 11) is 0. The molecule has 0 amide bonds. The van der Waals surface area contributed by atoms with Gasteiger partial charge in [0.05, 0.1) is 6.54 Å². The van der Waals surface area contributed by atoms with Crippen LogP contribution in [0.15, 0.2) is 0 Å². The second-order valence-corrected chi connectivity index (χ2v) is 4.26. The Morgan fingerprint density at radius 1 is 1.44 bits per heavy atom. The van der Waals surface area contributed by atoms with Crippen molar-refractivity contribution in [2.45, 2.75) is 25.7 Å². The molecule has 1 aliphatic heterocycles. The lowest BCUT2D eigenvalue weighted by atomic mass is 10.1. The van der Waals surface area contributed by atoms with E-state index < -0.39 is 18.9 Å². The molecule has 0 aromatic rings. The molecule has 1 fully saturated rings. The Kier molecular flexibility index (Phi) is 4.98. The van der Waals surface area contributed by atoms with E-state index in [-0.39, 0.29) is 0 Å². The van der Waals surface area contributed by atoms with Gasteiger partial charge in [-0.3, -0.25) is 4.90 Å². The molecule has 2 nitrogen and oxygen atoms in total. The highest BCUT2D eigenvalue weighted by molar-refractivity contribution is 4.82. The second kappa shape index (κ2) is 5.82. The maximum atomic E-state index is 12.8. The van der Waals surface area contributed by atoms with Crippen LogP contribution in [-0.4, -0.2) is 50.0 Å². The van der Waals surface area contributed by atoms with Gasteiger partial charge < -0.3 is 5.32 Å². The highest BCUT2D eigenvalue weighted by Crippen LogP contribution is 2.26. The Bertz CT molecular complexity index is 211. The molecule has 0 radical (unpaired) electrons. The molecule has 16 heavy (non-hydrogen) atoms. The summed E-state index contributed by atoms with van der Waals surface area (Å²) in [6.07, 6.45) is -2.77. The van der Waals surface area contributed by atoms with Gasteiger partial charge in [0.1, 0.15) is 0 Å². The van der Waals surface area contributed by atoms with Crippen molar-refractivity contribution in [1.82, 2.24) is 10.2 Å². The maximum Gasteiger partial charge on any atom is 0.319 e. The number of rotatable bonds is 6. The smallest absolute Gasteiger partial charge is 0.317 e. The molecule has 0 saturated carbocycles. The highest BCUT2D eigenvalue weighted by Gasteiger charge is 2.43. The van der Waals surface area contributed by atoms with Crippen molar-refractivity contribution in [3.8, 4) is 0 Å². The number of hydrogen-bond donors (Lipinski definition) is 1. The number of alkyl halides is 4. The molecule has 96 valence electrons. The van der Waals surface area contributed by atoms with Crippen molar-refractivity contribution in [2.24, 2.45) is 5.92 Å². The predicted molar refractivity (Wildman–Crippen MR) is 54.0 cm³/mol. The monoisotopic (exact) mass is 242 g/mol. The van der Waals surface area contributed by atoms with Crippen molar-refractivity contribution < 1.29 is 17.6 Å². The fourth-order valence-electron chi connectivity index (χ4n) is 1.94. The molecule has 1 unspecified atom stereocenters.